The van der Waals surface area contributed by atoms with Crippen LogP contribution in [0.4, 0.5) is 0 Å². The highest BCUT2D eigenvalue weighted by molar-refractivity contribution is 5.77. The van der Waals surface area contributed by atoms with Crippen LogP contribution in [0.5, 0.6) is 0 Å². The molecule has 0 N–H and O–H groups in total. The Labute approximate surface area is 132 Å². The van der Waals surface area contributed by atoms with Crippen LogP contribution in [0.15, 0.2) is 0 Å². The summed E-state index contributed by atoms with van der Waals surface area (Å²) in [6.07, 6.45) is 6.89. The van der Waals surface area contributed by atoms with E-state index in [9.17, 15) is 9.59 Å². The fourth-order valence-electron chi connectivity index (χ4n) is 5.00. The van der Waals surface area contributed by atoms with Crippen molar-refractivity contribution in [2.45, 2.75) is 64.9 Å². The molecule has 22 heavy (non-hydrogen) atoms. The van der Waals surface area contributed by atoms with E-state index in [1.165, 1.54) is 32.1 Å². The molecule has 0 aromatic rings. The second-order valence-electron chi connectivity index (χ2n) is 7.88. The quantitative estimate of drug-likeness (QED) is 0.731. The molecule has 0 aromatic carbocycles. The van der Waals surface area contributed by atoms with E-state index in [1.54, 1.807) is 0 Å². The first kappa shape index (κ1) is 15.8. The summed E-state index contributed by atoms with van der Waals surface area (Å²) >= 11 is 0. The lowest BCUT2D eigenvalue weighted by Crippen LogP contribution is -2.58. The first-order valence-electron chi connectivity index (χ1n) is 8.80. The van der Waals surface area contributed by atoms with Crippen LogP contribution in [-0.4, -0.2) is 24.1 Å². The summed E-state index contributed by atoms with van der Waals surface area (Å²) in [5.74, 6) is 1.83. The highest BCUT2D eigenvalue weighted by atomic mass is 16.6. The van der Waals surface area contributed by atoms with Crippen molar-refractivity contribution in [3.63, 3.8) is 0 Å². The Morgan fingerprint density at radius 2 is 1.64 bits per heavy atom. The standard InChI is InChI=1S/C18H28O4/c1-4-11(2)17(20)21-10-16(19)22-18(3)14-6-12-5-13(8-14)9-15(18)7-12/h11-15H,4-10H2,1-3H3. The van der Waals surface area contributed by atoms with Gasteiger partial charge in [0.1, 0.15) is 5.60 Å². The van der Waals surface area contributed by atoms with Crippen molar-refractivity contribution in [1.29, 1.82) is 0 Å². The molecule has 0 aliphatic heterocycles. The van der Waals surface area contributed by atoms with Gasteiger partial charge in [-0.05, 0) is 69.1 Å². The van der Waals surface area contributed by atoms with Crippen LogP contribution >= 0.6 is 0 Å². The van der Waals surface area contributed by atoms with Gasteiger partial charge >= 0.3 is 11.9 Å². The molecule has 124 valence electrons. The fourth-order valence-corrected chi connectivity index (χ4v) is 5.00. The zero-order valence-corrected chi connectivity index (χ0v) is 14.0. The molecule has 4 fully saturated rings. The van der Waals surface area contributed by atoms with Gasteiger partial charge in [-0.2, -0.15) is 0 Å². The van der Waals surface area contributed by atoms with Gasteiger partial charge in [-0.15, -0.1) is 0 Å². The van der Waals surface area contributed by atoms with Crippen LogP contribution in [0.1, 0.15) is 59.3 Å². The Morgan fingerprint density at radius 3 is 2.14 bits per heavy atom. The van der Waals surface area contributed by atoms with Gasteiger partial charge in [0, 0.05) is 0 Å². The Bertz CT molecular complexity index is 428. The Hall–Kier alpha value is -1.06. The highest BCUT2D eigenvalue weighted by Gasteiger charge is 2.57. The van der Waals surface area contributed by atoms with Gasteiger partial charge in [-0.25, -0.2) is 4.79 Å². The number of ether oxygens (including phenoxy) is 2. The fraction of sp³-hybridized carbons (Fsp3) is 0.889. The smallest absolute Gasteiger partial charge is 0.344 e. The molecule has 1 atom stereocenters. The molecule has 0 heterocycles. The molecule has 0 radical (unpaired) electrons. The summed E-state index contributed by atoms with van der Waals surface area (Å²) in [5.41, 5.74) is -0.340. The lowest BCUT2D eigenvalue weighted by Gasteiger charge is -2.59. The van der Waals surface area contributed by atoms with Gasteiger partial charge in [-0.3, -0.25) is 4.79 Å². The van der Waals surface area contributed by atoms with Crippen LogP contribution < -0.4 is 0 Å². The Kier molecular flexibility index (Phi) is 4.21. The summed E-state index contributed by atoms with van der Waals surface area (Å²) in [4.78, 5) is 23.8. The van der Waals surface area contributed by atoms with Crippen molar-refractivity contribution in [2.24, 2.45) is 29.6 Å². The minimum Gasteiger partial charge on any atom is -0.456 e. The van der Waals surface area contributed by atoms with E-state index < -0.39 is 0 Å². The molecular weight excluding hydrogens is 280 g/mol. The monoisotopic (exact) mass is 308 g/mol. The number of rotatable bonds is 5. The van der Waals surface area contributed by atoms with E-state index in [0.717, 1.165) is 18.3 Å². The molecule has 0 saturated heterocycles. The first-order valence-corrected chi connectivity index (χ1v) is 8.80. The van der Waals surface area contributed by atoms with Gasteiger partial charge in [0.05, 0.1) is 5.92 Å². The zero-order valence-electron chi connectivity index (χ0n) is 14.0. The number of carbonyl (C=O) groups excluding carboxylic acids is 2. The van der Waals surface area contributed by atoms with E-state index in [0.29, 0.717) is 11.8 Å². The van der Waals surface area contributed by atoms with Crippen molar-refractivity contribution in [3.8, 4) is 0 Å². The maximum absolute atomic E-state index is 12.2. The van der Waals surface area contributed by atoms with E-state index in [4.69, 9.17) is 9.47 Å². The third-order valence-electron chi connectivity index (χ3n) is 6.44. The van der Waals surface area contributed by atoms with Crippen LogP contribution in [0.3, 0.4) is 0 Å². The first-order chi connectivity index (χ1) is 10.4. The Morgan fingerprint density at radius 1 is 1.09 bits per heavy atom. The average molecular weight is 308 g/mol. The Balaban J connectivity index is 1.56. The normalized spacial score (nSPS) is 40.3. The zero-order chi connectivity index (χ0) is 15.9. The van der Waals surface area contributed by atoms with Crippen molar-refractivity contribution >= 4 is 11.9 Å². The molecule has 1 unspecified atom stereocenters. The van der Waals surface area contributed by atoms with Crippen molar-refractivity contribution in [3.05, 3.63) is 0 Å². The minimum atomic E-state index is -0.383. The summed E-state index contributed by atoms with van der Waals surface area (Å²) in [6.45, 7) is 5.60. The second kappa shape index (κ2) is 5.86. The lowest BCUT2D eigenvalue weighted by molar-refractivity contribution is -0.207. The maximum Gasteiger partial charge on any atom is 0.344 e. The van der Waals surface area contributed by atoms with Crippen molar-refractivity contribution < 1.29 is 19.1 Å². The predicted molar refractivity (Wildman–Crippen MR) is 82.0 cm³/mol. The molecule has 0 spiro atoms. The van der Waals surface area contributed by atoms with Gasteiger partial charge in [-0.1, -0.05) is 13.8 Å². The molecule has 4 aliphatic carbocycles. The molecule has 4 nitrogen and oxygen atoms in total. The van der Waals surface area contributed by atoms with Crippen LogP contribution in [0.25, 0.3) is 0 Å². The number of hydrogen-bond donors (Lipinski definition) is 0. The SMILES string of the molecule is CCC(C)C(=O)OCC(=O)OC1(C)C2CC3CC(C2)CC1C3. The predicted octanol–water partition coefficient (Wildman–Crippen LogP) is 3.33. The van der Waals surface area contributed by atoms with Crippen LogP contribution in [0.2, 0.25) is 0 Å². The number of carbonyl (C=O) groups is 2. The average Bonchev–Trinajstić information content (AvgIpc) is 2.49. The lowest BCUT2D eigenvalue weighted by atomic mass is 9.50. The van der Waals surface area contributed by atoms with E-state index in [2.05, 4.69) is 6.92 Å². The molecule has 0 amide bonds. The van der Waals surface area contributed by atoms with Crippen LogP contribution in [-0.2, 0) is 19.1 Å². The third-order valence-corrected chi connectivity index (χ3v) is 6.44. The molecule has 4 bridgehead atoms. The van der Waals surface area contributed by atoms with Crippen molar-refractivity contribution in [2.75, 3.05) is 6.61 Å². The summed E-state index contributed by atoms with van der Waals surface area (Å²) < 4.78 is 10.9. The third kappa shape index (κ3) is 2.77. The largest absolute Gasteiger partial charge is 0.456 e. The summed E-state index contributed by atoms with van der Waals surface area (Å²) in [7, 11) is 0. The van der Waals surface area contributed by atoms with E-state index in [-0.39, 0.29) is 30.1 Å². The highest BCUT2D eigenvalue weighted by Crippen LogP contribution is 2.59. The summed E-state index contributed by atoms with van der Waals surface area (Å²) in [6, 6.07) is 0. The molecule has 4 heteroatoms. The number of esters is 2. The molecular formula is C18H28O4. The van der Waals surface area contributed by atoms with E-state index in [1.807, 2.05) is 13.8 Å². The summed E-state index contributed by atoms with van der Waals surface area (Å²) in [5, 5.41) is 0. The van der Waals surface area contributed by atoms with Gasteiger partial charge < -0.3 is 9.47 Å². The molecule has 0 aromatic heterocycles. The van der Waals surface area contributed by atoms with Gasteiger partial charge in [0.15, 0.2) is 6.61 Å². The van der Waals surface area contributed by atoms with Gasteiger partial charge in [0.2, 0.25) is 0 Å². The second-order valence-corrected chi connectivity index (χ2v) is 7.88. The van der Waals surface area contributed by atoms with E-state index >= 15 is 0 Å². The van der Waals surface area contributed by atoms with Crippen molar-refractivity contribution in [1.82, 2.24) is 0 Å². The molecule has 4 saturated carbocycles. The molecule has 4 rings (SSSR count). The number of hydrogen-bond acceptors (Lipinski definition) is 4. The topological polar surface area (TPSA) is 52.6 Å². The minimum absolute atomic E-state index is 0.162. The maximum atomic E-state index is 12.2. The van der Waals surface area contributed by atoms with Crippen LogP contribution in [0, 0.1) is 29.6 Å². The molecule has 4 aliphatic rings. The van der Waals surface area contributed by atoms with Gasteiger partial charge in [0.25, 0.3) is 0 Å².